The van der Waals surface area contributed by atoms with Crippen molar-refractivity contribution < 1.29 is 4.92 Å². The highest BCUT2D eigenvalue weighted by Crippen LogP contribution is 2.27. The van der Waals surface area contributed by atoms with Gasteiger partial charge in [0.1, 0.15) is 5.82 Å². The lowest BCUT2D eigenvalue weighted by Gasteiger charge is -2.25. The second-order valence-corrected chi connectivity index (χ2v) is 4.66. The van der Waals surface area contributed by atoms with Gasteiger partial charge in [0.2, 0.25) is 5.82 Å². The summed E-state index contributed by atoms with van der Waals surface area (Å²) < 4.78 is 0. The van der Waals surface area contributed by atoms with Crippen molar-refractivity contribution in [1.82, 2.24) is 4.98 Å². The Morgan fingerprint density at radius 1 is 1.65 bits per heavy atom. The summed E-state index contributed by atoms with van der Waals surface area (Å²) in [6, 6.07) is 2.98. The molecule has 0 aliphatic heterocycles. The summed E-state index contributed by atoms with van der Waals surface area (Å²) >= 11 is 1.68. The Morgan fingerprint density at radius 2 is 2.29 bits per heavy atom. The van der Waals surface area contributed by atoms with E-state index in [0.717, 1.165) is 5.75 Å². The Hall–Kier alpha value is -1.50. The molecule has 1 aromatic rings. The summed E-state index contributed by atoms with van der Waals surface area (Å²) in [5.74, 6) is 1.47. The molecule has 1 aromatic heterocycles. The van der Waals surface area contributed by atoms with E-state index in [4.69, 9.17) is 5.73 Å². The molecular weight excluding hydrogens is 240 g/mol. The van der Waals surface area contributed by atoms with Gasteiger partial charge >= 0.3 is 5.69 Å². The minimum atomic E-state index is -0.440. The van der Waals surface area contributed by atoms with Crippen LogP contribution in [0.2, 0.25) is 0 Å². The van der Waals surface area contributed by atoms with Crippen LogP contribution in [0.4, 0.5) is 17.3 Å². The van der Waals surface area contributed by atoms with E-state index >= 15 is 0 Å². The second-order valence-electron chi connectivity index (χ2n) is 3.75. The van der Waals surface area contributed by atoms with Gasteiger partial charge in [-0.15, -0.1) is 0 Å². The highest BCUT2D eigenvalue weighted by Gasteiger charge is 2.22. The maximum Gasteiger partial charge on any atom is 0.311 e. The fraction of sp³-hybridized carbons (Fsp3) is 0.500. The van der Waals surface area contributed by atoms with Crippen molar-refractivity contribution in [3.8, 4) is 0 Å². The number of nitrogens with zero attached hydrogens (tertiary/aromatic N) is 3. The van der Waals surface area contributed by atoms with Gasteiger partial charge < -0.3 is 10.6 Å². The topological polar surface area (TPSA) is 85.3 Å². The molecule has 17 heavy (non-hydrogen) atoms. The standard InChI is InChI=1S/C10H16N4O2S/c1-7(6-17-3)13(2)10-8(14(15)16)4-5-9(11)12-10/h4-5,7H,6H2,1-3H3,(H2,11,12). The van der Waals surface area contributed by atoms with E-state index in [-0.39, 0.29) is 17.5 Å². The first-order valence-electron chi connectivity index (χ1n) is 5.10. The third-order valence-electron chi connectivity index (χ3n) is 2.48. The smallest absolute Gasteiger partial charge is 0.311 e. The third-order valence-corrected chi connectivity index (χ3v) is 3.29. The van der Waals surface area contributed by atoms with Gasteiger partial charge in [-0.2, -0.15) is 11.8 Å². The van der Waals surface area contributed by atoms with Crippen LogP contribution in [0, 0.1) is 10.1 Å². The van der Waals surface area contributed by atoms with E-state index in [2.05, 4.69) is 4.98 Å². The predicted octanol–water partition coefficient (Wildman–Crippen LogP) is 1.76. The molecule has 1 unspecified atom stereocenters. The summed E-state index contributed by atoms with van der Waals surface area (Å²) in [4.78, 5) is 16.3. The maximum atomic E-state index is 10.9. The number of rotatable bonds is 5. The molecule has 0 amide bonds. The molecule has 1 atom stereocenters. The summed E-state index contributed by atoms with van der Waals surface area (Å²) in [5, 5.41) is 10.9. The van der Waals surface area contributed by atoms with Gasteiger partial charge in [0.15, 0.2) is 0 Å². The van der Waals surface area contributed by atoms with Gasteiger partial charge in [-0.3, -0.25) is 10.1 Å². The Balaban J connectivity index is 3.10. The molecule has 1 rings (SSSR count). The molecule has 0 radical (unpaired) electrons. The van der Waals surface area contributed by atoms with Gasteiger partial charge in [0.25, 0.3) is 0 Å². The number of pyridine rings is 1. The minimum Gasteiger partial charge on any atom is -0.384 e. The molecule has 0 bridgehead atoms. The third kappa shape index (κ3) is 3.23. The fourth-order valence-electron chi connectivity index (χ4n) is 1.42. The van der Waals surface area contributed by atoms with Crippen LogP contribution in [-0.2, 0) is 0 Å². The zero-order valence-corrected chi connectivity index (χ0v) is 10.9. The molecule has 0 aliphatic rings. The number of anilines is 2. The highest BCUT2D eigenvalue weighted by atomic mass is 32.2. The van der Waals surface area contributed by atoms with Crippen LogP contribution in [0.5, 0.6) is 0 Å². The number of nitrogen functional groups attached to an aromatic ring is 1. The first kappa shape index (κ1) is 13.6. The van der Waals surface area contributed by atoms with Crippen LogP contribution in [0.25, 0.3) is 0 Å². The summed E-state index contributed by atoms with van der Waals surface area (Å²) in [6.45, 7) is 1.99. The molecule has 94 valence electrons. The largest absolute Gasteiger partial charge is 0.384 e. The van der Waals surface area contributed by atoms with Gasteiger partial charge in [-0.05, 0) is 19.2 Å². The van der Waals surface area contributed by atoms with Crippen LogP contribution in [0.15, 0.2) is 12.1 Å². The maximum absolute atomic E-state index is 10.9. The zero-order valence-electron chi connectivity index (χ0n) is 10.1. The number of thioether (sulfide) groups is 1. The van der Waals surface area contributed by atoms with E-state index in [0.29, 0.717) is 5.82 Å². The Bertz CT molecular complexity index is 413. The zero-order chi connectivity index (χ0) is 13.0. The van der Waals surface area contributed by atoms with E-state index in [1.54, 1.807) is 23.7 Å². The van der Waals surface area contributed by atoms with Gasteiger partial charge in [0.05, 0.1) is 4.92 Å². The van der Waals surface area contributed by atoms with Crippen LogP contribution >= 0.6 is 11.8 Å². The second kappa shape index (κ2) is 5.72. The molecule has 6 nitrogen and oxygen atoms in total. The van der Waals surface area contributed by atoms with Crippen molar-refractivity contribution in [3.63, 3.8) is 0 Å². The lowest BCUT2D eigenvalue weighted by Crippen LogP contribution is -2.32. The van der Waals surface area contributed by atoms with E-state index in [1.807, 2.05) is 13.2 Å². The molecule has 0 spiro atoms. The summed E-state index contributed by atoms with van der Waals surface area (Å²) in [6.07, 6.45) is 1.99. The van der Waals surface area contributed by atoms with Crippen LogP contribution in [0.1, 0.15) is 6.92 Å². The Labute approximate surface area is 104 Å². The van der Waals surface area contributed by atoms with E-state index in [1.165, 1.54) is 12.1 Å². The van der Waals surface area contributed by atoms with E-state index in [9.17, 15) is 10.1 Å². The SMILES string of the molecule is CSCC(C)N(C)c1nc(N)ccc1[N+](=O)[O-]. The normalized spacial score (nSPS) is 12.2. The average molecular weight is 256 g/mol. The van der Waals surface area contributed by atoms with Crippen molar-refractivity contribution in [3.05, 3.63) is 22.2 Å². The van der Waals surface area contributed by atoms with Crippen LogP contribution < -0.4 is 10.6 Å². The molecule has 1 heterocycles. The number of aromatic nitrogens is 1. The lowest BCUT2D eigenvalue weighted by atomic mass is 10.3. The first-order chi connectivity index (χ1) is 7.97. The van der Waals surface area contributed by atoms with Crippen molar-refractivity contribution in [2.45, 2.75) is 13.0 Å². The van der Waals surface area contributed by atoms with Gasteiger partial charge in [0, 0.05) is 24.9 Å². The highest BCUT2D eigenvalue weighted by molar-refractivity contribution is 7.98. The number of hydrogen-bond acceptors (Lipinski definition) is 6. The van der Waals surface area contributed by atoms with Gasteiger partial charge in [-0.25, -0.2) is 4.98 Å². The number of hydrogen-bond donors (Lipinski definition) is 1. The van der Waals surface area contributed by atoms with Crippen LogP contribution in [0.3, 0.4) is 0 Å². The van der Waals surface area contributed by atoms with Crippen LogP contribution in [-0.4, -0.2) is 35.0 Å². The van der Waals surface area contributed by atoms with Crippen molar-refractivity contribution >= 4 is 29.1 Å². The average Bonchev–Trinajstić information content (AvgIpc) is 2.27. The Morgan fingerprint density at radius 3 is 2.82 bits per heavy atom. The molecule has 7 heteroatoms. The lowest BCUT2D eigenvalue weighted by molar-refractivity contribution is -0.384. The number of nitrogens with two attached hydrogens (primary N) is 1. The molecular formula is C10H16N4O2S. The monoisotopic (exact) mass is 256 g/mol. The predicted molar refractivity (Wildman–Crippen MR) is 71.6 cm³/mol. The summed E-state index contributed by atoms with van der Waals surface area (Å²) in [5.41, 5.74) is 5.56. The van der Waals surface area contributed by atoms with Crippen molar-refractivity contribution in [2.75, 3.05) is 29.7 Å². The van der Waals surface area contributed by atoms with Gasteiger partial charge in [-0.1, -0.05) is 0 Å². The number of nitro groups is 1. The molecule has 0 fully saturated rings. The molecule has 0 saturated carbocycles. The first-order valence-corrected chi connectivity index (χ1v) is 6.49. The Kier molecular flexibility index (Phi) is 4.56. The molecule has 0 saturated heterocycles. The molecule has 0 aromatic carbocycles. The van der Waals surface area contributed by atoms with Crippen molar-refractivity contribution in [2.24, 2.45) is 0 Å². The quantitative estimate of drug-likeness (QED) is 0.638. The molecule has 0 aliphatic carbocycles. The van der Waals surface area contributed by atoms with E-state index < -0.39 is 4.92 Å². The van der Waals surface area contributed by atoms with Crippen molar-refractivity contribution in [1.29, 1.82) is 0 Å². The summed E-state index contributed by atoms with van der Waals surface area (Å²) in [7, 11) is 1.79. The minimum absolute atomic E-state index is 0.0188. The molecule has 2 N–H and O–H groups in total. The fourth-order valence-corrected chi connectivity index (χ4v) is 2.13.